The van der Waals surface area contributed by atoms with Crippen molar-refractivity contribution in [3.8, 4) is 5.88 Å². The smallest absolute Gasteiger partial charge is 0.243 e. The van der Waals surface area contributed by atoms with Crippen LogP contribution in [0.3, 0.4) is 0 Å². The third-order valence-electron chi connectivity index (χ3n) is 3.58. The first-order chi connectivity index (χ1) is 8.26. The summed E-state index contributed by atoms with van der Waals surface area (Å²) in [6.07, 6.45) is 7.34. The maximum atomic E-state index is 12.3. The van der Waals surface area contributed by atoms with Crippen molar-refractivity contribution in [2.75, 3.05) is 7.11 Å². The SMILES string of the molecule is CCC1CCC(C(=O)c2nccnc2OC)C1. The van der Waals surface area contributed by atoms with Crippen LogP contribution in [0.4, 0.5) is 0 Å². The zero-order valence-corrected chi connectivity index (χ0v) is 10.3. The summed E-state index contributed by atoms with van der Waals surface area (Å²) >= 11 is 0. The molecule has 4 heteroatoms. The molecule has 1 aliphatic carbocycles. The number of hydrogen-bond acceptors (Lipinski definition) is 4. The summed E-state index contributed by atoms with van der Waals surface area (Å²) < 4.78 is 5.08. The number of methoxy groups -OCH3 is 1. The Labute approximate surface area is 101 Å². The molecule has 0 N–H and O–H groups in total. The van der Waals surface area contributed by atoms with Crippen LogP contribution in [0.5, 0.6) is 5.88 Å². The molecule has 2 unspecified atom stereocenters. The van der Waals surface area contributed by atoms with E-state index in [9.17, 15) is 4.79 Å². The Morgan fingerprint density at radius 2 is 2.18 bits per heavy atom. The number of aromatic nitrogens is 2. The van der Waals surface area contributed by atoms with Crippen LogP contribution >= 0.6 is 0 Å². The van der Waals surface area contributed by atoms with Crippen molar-refractivity contribution in [3.05, 3.63) is 18.1 Å². The highest BCUT2D eigenvalue weighted by Gasteiger charge is 2.31. The standard InChI is InChI=1S/C13H18N2O2/c1-3-9-4-5-10(8-9)12(16)11-13(17-2)15-7-6-14-11/h6-7,9-10H,3-5,8H2,1-2H3. The van der Waals surface area contributed by atoms with Crippen molar-refractivity contribution >= 4 is 5.78 Å². The van der Waals surface area contributed by atoms with Gasteiger partial charge in [0.05, 0.1) is 7.11 Å². The molecule has 1 aromatic heterocycles. The van der Waals surface area contributed by atoms with E-state index in [1.54, 1.807) is 12.4 Å². The van der Waals surface area contributed by atoms with E-state index in [0.717, 1.165) is 25.7 Å². The van der Waals surface area contributed by atoms with Gasteiger partial charge in [-0.25, -0.2) is 9.97 Å². The monoisotopic (exact) mass is 234 g/mol. The van der Waals surface area contributed by atoms with Gasteiger partial charge in [-0.1, -0.05) is 13.3 Å². The van der Waals surface area contributed by atoms with Gasteiger partial charge in [0.1, 0.15) is 0 Å². The third kappa shape index (κ3) is 2.46. The largest absolute Gasteiger partial charge is 0.479 e. The summed E-state index contributed by atoms with van der Waals surface area (Å²) in [6, 6.07) is 0. The molecular formula is C13H18N2O2. The molecule has 0 saturated heterocycles. The van der Waals surface area contributed by atoms with Gasteiger partial charge in [0.2, 0.25) is 5.88 Å². The van der Waals surface area contributed by atoms with Crippen LogP contribution in [0.2, 0.25) is 0 Å². The summed E-state index contributed by atoms with van der Waals surface area (Å²) in [5.74, 6) is 1.22. The molecule has 1 aliphatic rings. The van der Waals surface area contributed by atoms with E-state index in [2.05, 4.69) is 16.9 Å². The number of carbonyl (C=O) groups is 1. The van der Waals surface area contributed by atoms with Crippen LogP contribution in [-0.4, -0.2) is 22.9 Å². The Hall–Kier alpha value is -1.45. The molecule has 4 nitrogen and oxygen atoms in total. The van der Waals surface area contributed by atoms with Crippen LogP contribution in [0.15, 0.2) is 12.4 Å². The Morgan fingerprint density at radius 3 is 2.82 bits per heavy atom. The van der Waals surface area contributed by atoms with E-state index in [1.165, 1.54) is 7.11 Å². The van der Waals surface area contributed by atoms with E-state index in [0.29, 0.717) is 17.5 Å². The molecule has 0 aliphatic heterocycles. The van der Waals surface area contributed by atoms with Crippen LogP contribution in [0, 0.1) is 11.8 Å². The second kappa shape index (κ2) is 5.25. The minimum absolute atomic E-state index is 0.0888. The highest BCUT2D eigenvalue weighted by atomic mass is 16.5. The van der Waals surface area contributed by atoms with Crippen molar-refractivity contribution in [1.29, 1.82) is 0 Å². The lowest BCUT2D eigenvalue weighted by Crippen LogP contribution is -2.15. The van der Waals surface area contributed by atoms with Gasteiger partial charge in [0.25, 0.3) is 0 Å². The molecule has 1 heterocycles. The molecule has 0 amide bonds. The van der Waals surface area contributed by atoms with E-state index in [4.69, 9.17) is 4.74 Å². The average molecular weight is 234 g/mol. The Kier molecular flexibility index (Phi) is 3.71. The molecule has 92 valence electrons. The van der Waals surface area contributed by atoms with Gasteiger partial charge in [-0.05, 0) is 25.2 Å². The average Bonchev–Trinajstić information content (AvgIpc) is 2.86. The van der Waals surface area contributed by atoms with Crippen LogP contribution in [0.1, 0.15) is 43.1 Å². The fraction of sp³-hybridized carbons (Fsp3) is 0.615. The quantitative estimate of drug-likeness (QED) is 0.751. The first-order valence-electron chi connectivity index (χ1n) is 6.15. The number of ketones is 1. The molecule has 0 bridgehead atoms. The van der Waals surface area contributed by atoms with Crippen LogP contribution in [-0.2, 0) is 0 Å². The van der Waals surface area contributed by atoms with Crippen molar-refractivity contribution in [1.82, 2.24) is 9.97 Å². The zero-order valence-electron chi connectivity index (χ0n) is 10.3. The lowest BCUT2D eigenvalue weighted by atomic mass is 9.97. The molecule has 2 atom stereocenters. The number of nitrogens with zero attached hydrogens (tertiary/aromatic N) is 2. The molecule has 1 fully saturated rings. The van der Waals surface area contributed by atoms with Crippen LogP contribution in [0.25, 0.3) is 0 Å². The van der Waals surface area contributed by atoms with E-state index >= 15 is 0 Å². The maximum absolute atomic E-state index is 12.3. The fourth-order valence-corrected chi connectivity index (χ4v) is 2.52. The first kappa shape index (κ1) is 12.0. The van der Waals surface area contributed by atoms with Crippen molar-refractivity contribution in [2.24, 2.45) is 11.8 Å². The minimum Gasteiger partial charge on any atom is -0.479 e. The van der Waals surface area contributed by atoms with E-state index < -0.39 is 0 Å². The third-order valence-corrected chi connectivity index (χ3v) is 3.58. The van der Waals surface area contributed by atoms with Gasteiger partial charge in [-0.2, -0.15) is 0 Å². The molecular weight excluding hydrogens is 216 g/mol. The van der Waals surface area contributed by atoms with Crippen molar-refractivity contribution in [3.63, 3.8) is 0 Å². The van der Waals surface area contributed by atoms with Gasteiger partial charge in [0, 0.05) is 18.3 Å². The van der Waals surface area contributed by atoms with E-state index in [1.807, 2.05) is 0 Å². The predicted molar refractivity (Wildman–Crippen MR) is 64.0 cm³/mol. The Balaban J connectivity index is 2.15. The normalized spacial score (nSPS) is 23.6. The van der Waals surface area contributed by atoms with Gasteiger partial charge in [-0.15, -0.1) is 0 Å². The van der Waals surface area contributed by atoms with Crippen molar-refractivity contribution < 1.29 is 9.53 Å². The van der Waals surface area contributed by atoms with Gasteiger partial charge >= 0.3 is 0 Å². The second-order valence-electron chi connectivity index (χ2n) is 4.56. The fourth-order valence-electron chi connectivity index (χ4n) is 2.52. The molecule has 0 radical (unpaired) electrons. The highest BCUT2D eigenvalue weighted by molar-refractivity contribution is 5.98. The lowest BCUT2D eigenvalue weighted by Gasteiger charge is -2.10. The summed E-state index contributed by atoms with van der Waals surface area (Å²) in [5.41, 5.74) is 0.386. The number of hydrogen-bond donors (Lipinski definition) is 0. The minimum atomic E-state index is 0.0888. The van der Waals surface area contributed by atoms with Gasteiger partial charge < -0.3 is 4.74 Å². The highest BCUT2D eigenvalue weighted by Crippen LogP contribution is 2.35. The number of ether oxygens (including phenoxy) is 1. The summed E-state index contributed by atoms with van der Waals surface area (Å²) in [7, 11) is 1.52. The summed E-state index contributed by atoms with van der Waals surface area (Å²) in [6.45, 7) is 2.18. The van der Waals surface area contributed by atoms with Crippen LogP contribution < -0.4 is 4.74 Å². The molecule has 1 aromatic rings. The molecule has 2 rings (SSSR count). The molecule has 0 spiro atoms. The van der Waals surface area contributed by atoms with Gasteiger partial charge in [-0.3, -0.25) is 4.79 Å². The maximum Gasteiger partial charge on any atom is 0.243 e. The summed E-state index contributed by atoms with van der Waals surface area (Å²) in [4.78, 5) is 20.4. The summed E-state index contributed by atoms with van der Waals surface area (Å²) in [5, 5.41) is 0. The molecule has 0 aromatic carbocycles. The Morgan fingerprint density at radius 1 is 1.41 bits per heavy atom. The first-order valence-corrected chi connectivity index (χ1v) is 6.15. The zero-order chi connectivity index (χ0) is 12.3. The topological polar surface area (TPSA) is 52.1 Å². The number of Topliss-reactive ketones (excluding diaryl/α,β-unsaturated/α-hetero) is 1. The van der Waals surface area contributed by atoms with E-state index in [-0.39, 0.29) is 11.7 Å². The Bertz CT molecular complexity index is 406. The lowest BCUT2D eigenvalue weighted by molar-refractivity contribution is 0.0910. The molecule has 17 heavy (non-hydrogen) atoms. The van der Waals surface area contributed by atoms with Gasteiger partial charge in [0.15, 0.2) is 11.5 Å². The predicted octanol–water partition coefficient (Wildman–Crippen LogP) is 2.49. The van der Waals surface area contributed by atoms with Crippen molar-refractivity contribution in [2.45, 2.75) is 32.6 Å². The number of rotatable bonds is 4. The second-order valence-corrected chi connectivity index (χ2v) is 4.56. The number of carbonyl (C=O) groups excluding carboxylic acids is 1. The molecule has 1 saturated carbocycles.